The lowest BCUT2D eigenvalue weighted by molar-refractivity contribution is -0.137. The molecule has 1 saturated heterocycles. The molecule has 0 bridgehead atoms. The highest BCUT2D eigenvalue weighted by atomic mass is 16.4. The zero-order valence-corrected chi connectivity index (χ0v) is 22.1. The molecule has 38 heavy (non-hydrogen) atoms. The second-order valence-electron chi connectivity index (χ2n) is 10.0. The van der Waals surface area contributed by atoms with Crippen molar-refractivity contribution in [3.63, 3.8) is 0 Å². The molecule has 0 aliphatic carbocycles. The van der Waals surface area contributed by atoms with Gasteiger partial charge in [-0.1, -0.05) is 19.1 Å². The van der Waals surface area contributed by atoms with Crippen molar-refractivity contribution in [2.75, 3.05) is 36.4 Å². The van der Waals surface area contributed by atoms with Crippen molar-refractivity contribution in [3.8, 4) is 6.07 Å². The van der Waals surface area contributed by atoms with Crippen molar-refractivity contribution >= 4 is 29.2 Å². The number of anilines is 2. The Morgan fingerprint density at radius 3 is 2.63 bits per heavy atom. The molecule has 1 fully saturated rings. The average molecular weight is 517 g/mol. The predicted octanol–water partition coefficient (Wildman–Crippen LogP) is 3.22. The maximum atomic E-state index is 12.1. The second-order valence-corrected chi connectivity index (χ2v) is 10.0. The van der Waals surface area contributed by atoms with Gasteiger partial charge in [-0.15, -0.1) is 0 Å². The zero-order valence-electron chi connectivity index (χ0n) is 22.1. The molecule has 2 heterocycles. The smallest absolute Gasteiger partial charge is 0.326 e. The van der Waals surface area contributed by atoms with Gasteiger partial charge >= 0.3 is 5.97 Å². The Morgan fingerprint density at radius 2 is 2.00 bits per heavy atom. The number of nitriles is 1. The van der Waals surface area contributed by atoms with E-state index in [1.54, 1.807) is 6.07 Å². The van der Waals surface area contributed by atoms with Crippen LogP contribution in [0.1, 0.15) is 48.4 Å². The number of guanidine groups is 1. The summed E-state index contributed by atoms with van der Waals surface area (Å²) in [6, 6.07) is 13.2. The Balaban J connectivity index is 1.32. The Kier molecular flexibility index (Phi) is 8.85. The molecule has 0 radical (unpaired) electrons. The number of benzene rings is 2. The van der Waals surface area contributed by atoms with E-state index in [-0.39, 0.29) is 5.91 Å². The summed E-state index contributed by atoms with van der Waals surface area (Å²) in [6.07, 6.45) is 3.60. The van der Waals surface area contributed by atoms with E-state index >= 15 is 0 Å². The van der Waals surface area contributed by atoms with Gasteiger partial charge in [-0.05, 0) is 73.1 Å². The molecule has 2 aliphatic rings. The second kappa shape index (κ2) is 12.5. The SMILES string of the molecule is CCc1cc(C#N)cc(C)c1NC(Cc1ccc(N2CCC(CNC3=NC(=O)CCN3)CC2)cc1)C(=O)O. The molecule has 2 aliphatic heterocycles. The number of hydrogen-bond acceptors (Lipinski definition) is 7. The van der Waals surface area contributed by atoms with E-state index in [0.29, 0.717) is 43.2 Å². The van der Waals surface area contributed by atoms with Gasteiger partial charge in [0.25, 0.3) is 5.91 Å². The first-order valence-corrected chi connectivity index (χ1v) is 13.3. The van der Waals surface area contributed by atoms with Crippen molar-refractivity contribution in [3.05, 3.63) is 58.7 Å². The van der Waals surface area contributed by atoms with Crippen molar-refractivity contribution < 1.29 is 14.7 Å². The summed E-state index contributed by atoms with van der Waals surface area (Å²) in [5.41, 5.74) is 5.29. The summed E-state index contributed by atoms with van der Waals surface area (Å²) in [4.78, 5) is 29.9. The first-order valence-electron chi connectivity index (χ1n) is 13.3. The van der Waals surface area contributed by atoms with Gasteiger partial charge in [0, 0.05) is 50.4 Å². The lowest BCUT2D eigenvalue weighted by Gasteiger charge is -2.34. The summed E-state index contributed by atoms with van der Waals surface area (Å²) in [7, 11) is 0. The number of nitrogens with one attached hydrogen (secondary N) is 3. The highest BCUT2D eigenvalue weighted by Gasteiger charge is 2.22. The van der Waals surface area contributed by atoms with E-state index in [1.807, 2.05) is 32.0 Å². The molecular weight excluding hydrogens is 480 g/mol. The van der Waals surface area contributed by atoms with Crippen LogP contribution in [0.3, 0.4) is 0 Å². The molecule has 0 spiro atoms. The van der Waals surface area contributed by atoms with E-state index in [0.717, 1.165) is 60.5 Å². The Bertz CT molecular complexity index is 1230. The standard InChI is InChI=1S/C29H36N6O3/c1-3-23-15-22(17-30)14-19(2)27(23)33-25(28(37)38)16-20-4-6-24(7-5-20)35-12-9-21(10-13-35)18-32-29-31-11-8-26(36)34-29/h4-7,14-15,21,25,33H,3,8-13,16,18H2,1-2H3,(H,37,38)(H2,31,32,34,36). The Hall–Kier alpha value is -4.06. The summed E-state index contributed by atoms with van der Waals surface area (Å²) < 4.78 is 0. The highest BCUT2D eigenvalue weighted by Crippen LogP contribution is 2.26. The van der Waals surface area contributed by atoms with Crippen molar-refractivity contribution in [2.45, 2.75) is 52.0 Å². The quantitative estimate of drug-likeness (QED) is 0.400. The van der Waals surface area contributed by atoms with Gasteiger partial charge in [-0.3, -0.25) is 4.79 Å². The minimum Gasteiger partial charge on any atom is -0.480 e. The van der Waals surface area contributed by atoms with E-state index in [1.165, 1.54) is 0 Å². The minimum atomic E-state index is -0.908. The fourth-order valence-electron chi connectivity index (χ4n) is 5.11. The van der Waals surface area contributed by atoms with Gasteiger partial charge < -0.3 is 26.0 Å². The predicted molar refractivity (Wildman–Crippen MR) is 148 cm³/mol. The molecule has 2 aromatic rings. The number of aryl methyl sites for hydroxylation is 2. The highest BCUT2D eigenvalue weighted by molar-refractivity contribution is 5.95. The van der Waals surface area contributed by atoms with Crippen LogP contribution in [0.25, 0.3) is 0 Å². The first-order chi connectivity index (χ1) is 18.4. The molecular formula is C29H36N6O3. The monoisotopic (exact) mass is 516 g/mol. The Morgan fingerprint density at radius 1 is 1.26 bits per heavy atom. The van der Waals surface area contributed by atoms with Crippen LogP contribution >= 0.6 is 0 Å². The first kappa shape index (κ1) is 27.0. The third-order valence-corrected chi connectivity index (χ3v) is 7.33. The van der Waals surface area contributed by atoms with Crippen LogP contribution in [0, 0.1) is 24.2 Å². The van der Waals surface area contributed by atoms with Gasteiger partial charge in [0.1, 0.15) is 6.04 Å². The van der Waals surface area contributed by atoms with Gasteiger partial charge in [0.05, 0.1) is 11.6 Å². The third kappa shape index (κ3) is 6.82. The molecule has 1 unspecified atom stereocenters. The van der Waals surface area contributed by atoms with Crippen molar-refractivity contribution in [2.24, 2.45) is 10.9 Å². The number of piperidine rings is 1. The van der Waals surface area contributed by atoms with Gasteiger partial charge in [0.15, 0.2) is 5.96 Å². The third-order valence-electron chi connectivity index (χ3n) is 7.33. The molecule has 0 saturated carbocycles. The molecule has 9 heteroatoms. The van der Waals surface area contributed by atoms with E-state index in [9.17, 15) is 20.0 Å². The van der Waals surface area contributed by atoms with Crippen LogP contribution in [0.15, 0.2) is 41.4 Å². The maximum Gasteiger partial charge on any atom is 0.326 e. The summed E-state index contributed by atoms with van der Waals surface area (Å²) >= 11 is 0. The Labute approximate surface area is 223 Å². The van der Waals surface area contributed by atoms with Crippen LogP contribution in [-0.2, 0) is 22.4 Å². The minimum absolute atomic E-state index is 0.0787. The number of rotatable bonds is 9. The number of hydrogen-bond donors (Lipinski definition) is 4. The van der Waals surface area contributed by atoms with Crippen LogP contribution in [0.2, 0.25) is 0 Å². The van der Waals surface area contributed by atoms with Crippen LogP contribution in [0.4, 0.5) is 11.4 Å². The van der Waals surface area contributed by atoms with Crippen molar-refractivity contribution in [1.29, 1.82) is 5.26 Å². The van der Waals surface area contributed by atoms with Gasteiger partial charge in [-0.2, -0.15) is 10.3 Å². The van der Waals surface area contributed by atoms with E-state index in [4.69, 9.17) is 0 Å². The van der Waals surface area contributed by atoms with Crippen LogP contribution < -0.4 is 20.9 Å². The molecule has 9 nitrogen and oxygen atoms in total. The number of carbonyl (C=O) groups excluding carboxylic acids is 1. The lowest BCUT2D eigenvalue weighted by atomic mass is 9.96. The zero-order chi connectivity index (χ0) is 27.1. The maximum absolute atomic E-state index is 12.1. The number of carbonyl (C=O) groups is 2. The number of nitrogens with zero attached hydrogens (tertiary/aromatic N) is 3. The fourth-order valence-corrected chi connectivity index (χ4v) is 5.11. The average Bonchev–Trinajstić information content (AvgIpc) is 2.93. The molecule has 1 amide bonds. The number of carboxylic acid groups (broad SMARTS) is 1. The van der Waals surface area contributed by atoms with Gasteiger partial charge in [-0.25, -0.2) is 4.79 Å². The van der Waals surface area contributed by atoms with E-state index < -0.39 is 12.0 Å². The summed E-state index contributed by atoms with van der Waals surface area (Å²) in [5.74, 6) is 0.126. The molecule has 0 aromatic heterocycles. The molecule has 1 atom stereocenters. The topological polar surface area (TPSA) is 130 Å². The summed E-state index contributed by atoms with van der Waals surface area (Å²) in [5, 5.41) is 28.8. The lowest BCUT2D eigenvalue weighted by Crippen LogP contribution is -2.45. The van der Waals surface area contributed by atoms with Crippen LogP contribution in [-0.4, -0.2) is 55.2 Å². The number of aliphatic imine (C=N–C) groups is 1. The normalized spacial score (nSPS) is 16.7. The summed E-state index contributed by atoms with van der Waals surface area (Å²) in [6.45, 7) is 7.23. The number of amides is 1. The molecule has 200 valence electrons. The molecule has 4 rings (SSSR count). The number of carboxylic acids is 1. The largest absolute Gasteiger partial charge is 0.480 e. The molecule has 4 N–H and O–H groups in total. The van der Waals surface area contributed by atoms with E-state index in [2.05, 4.69) is 44.0 Å². The number of aliphatic carboxylic acids is 1. The molecule has 2 aromatic carbocycles. The van der Waals surface area contributed by atoms with Crippen molar-refractivity contribution in [1.82, 2.24) is 10.6 Å². The van der Waals surface area contributed by atoms with Gasteiger partial charge in [0.2, 0.25) is 0 Å². The fraction of sp³-hybridized carbons (Fsp3) is 0.448. The van der Waals surface area contributed by atoms with Crippen LogP contribution in [0.5, 0.6) is 0 Å².